The van der Waals surface area contributed by atoms with Crippen LogP contribution in [0, 0.1) is 23.7 Å². The molecule has 0 amide bonds. The smallest absolute Gasteiger partial charge is 0.155 e. The number of ketones is 1. The molecule has 2 rings (SSSR count). The molecule has 0 bridgehead atoms. The van der Waals surface area contributed by atoms with Crippen LogP contribution in [0.25, 0.3) is 0 Å². The van der Waals surface area contributed by atoms with E-state index in [-0.39, 0.29) is 23.2 Å². The summed E-state index contributed by atoms with van der Waals surface area (Å²) >= 11 is 0. The number of allylic oxidation sites excluding steroid dienone is 2. The van der Waals surface area contributed by atoms with Crippen molar-refractivity contribution in [3.63, 3.8) is 0 Å². The van der Waals surface area contributed by atoms with E-state index in [1.165, 1.54) is 0 Å². The van der Waals surface area contributed by atoms with Crippen LogP contribution in [-0.2, 0) is 4.79 Å². The summed E-state index contributed by atoms with van der Waals surface area (Å²) in [6, 6.07) is 0. The van der Waals surface area contributed by atoms with Gasteiger partial charge < -0.3 is 5.11 Å². The Kier molecular flexibility index (Phi) is 2.67. The van der Waals surface area contributed by atoms with Crippen LogP contribution in [0.15, 0.2) is 12.2 Å². The summed E-state index contributed by atoms with van der Waals surface area (Å²) in [6.45, 7) is 0. The summed E-state index contributed by atoms with van der Waals surface area (Å²) in [6.07, 6.45) is 12.5. The lowest BCUT2D eigenvalue weighted by molar-refractivity contribution is -0.118. The molecule has 15 heavy (non-hydrogen) atoms. The van der Waals surface area contributed by atoms with Gasteiger partial charge in [0.2, 0.25) is 0 Å². The molecule has 0 heterocycles. The molecule has 1 unspecified atom stereocenters. The van der Waals surface area contributed by atoms with Gasteiger partial charge in [-0.2, -0.15) is 0 Å². The van der Waals surface area contributed by atoms with Crippen LogP contribution >= 0.6 is 0 Å². The summed E-state index contributed by atoms with van der Waals surface area (Å²) in [7, 11) is 0. The molecule has 1 fully saturated rings. The maximum atomic E-state index is 11.4. The largest absolute Gasteiger partial charge is 0.393 e. The number of hydrogen-bond acceptors (Lipinski definition) is 2. The lowest BCUT2D eigenvalue weighted by Crippen LogP contribution is -2.40. The second kappa shape index (κ2) is 3.83. The fourth-order valence-electron chi connectivity index (χ4n) is 2.88. The molecular weight excluding hydrogens is 188 g/mol. The predicted molar refractivity (Wildman–Crippen MR) is 58.0 cm³/mol. The van der Waals surface area contributed by atoms with Crippen LogP contribution in [0.1, 0.15) is 32.1 Å². The van der Waals surface area contributed by atoms with E-state index in [0.717, 1.165) is 19.3 Å². The van der Waals surface area contributed by atoms with Crippen molar-refractivity contribution in [2.45, 2.75) is 38.2 Å². The van der Waals surface area contributed by atoms with Gasteiger partial charge in [-0.15, -0.1) is 12.3 Å². The number of carbonyl (C=O) groups is 1. The number of carbonyl (C=O) groups excluding carboxylic acids is 1. The second-order valence-corrected chi connectivity index (χ2v) is 4.74. The normalized spacial score (nSPS) is 39.6. The Labute approximate surface area is 90.4 Å². The number of fused-ring (bicyclic) bond motifs is 1. The lowest BCUT2D eigenvalue weighted by Gasteiger charge is -2.44. The minimum atomic E-state index is -0.250. The highest BCUT2D eigenvalue weighted by molar-refractivity contribution is 5.91. The molecule has 2 heteroatoms. The van der Waals surface area contributed by atoms with E-state index in [2.05, 4.69) is 5.92 Å². The maximum Gasteiger partial charge on any atom is 0.155 e. The Morgan fingerprint density at radius 3 is 3.20 bits per heavy atom. The van der Waals surface area contributed by atoms with Gasteiger partial charge in [-0.3, -0.25) is 4.79 Å². The molecule has 0 aromatic heterocycles. The quantitative estimate of drug-likeness (QED) is 0.660. The van der Waals surface area contributed by atoms with E-state index >= 15 is 0 Å². The number of hydrogen-bond donors (Lipinski definition) is 1. The van der Waals surface area contributed by atoms with Crippen molar-refractivity contribution in [2.75, 3.05) is 0 Å². The molecule has 0 spiro atoms. The highest BCUT2D eigenvalue weighted by atomic mass is 16.3. The average Bonchev–Trinajstić information content (AvgIpc) is 2.20. The third-order valence-electron chi connectivity index (χ3n) is 3.79. The van der Waals surface area contributed by atoms with Crippen molar-refractivity contribution >= 4 is 5.78 Å². The van der Waals surface area contributed by atoms with Crippen molar-refractivity contribution in [3.05, 3.63) is 12.2 Å². The number of aliphatic hydroxyl groups excluding tert-OH is 1. The van der Waals surface area contributed by atoms with Gasteiger partial charge in [0.05, 0.1) is 6.10 Å². The first-order chi connectivity index (χ1) is 7.16. The molecule has 1 saturated carbocycles. The summed E-state index contributed by atoms with van der Waals surface area (Å²) in [4.78, 5) is 11.4. The van der Waals surface area contributed by atoms with E-state index < -0.39 is 0 Å². The Bertz CT molecular complexity index is 337. The summed E-state index contributed by atoms with van der Waals surface area (Å²) in [5.41, 5.74) is -0.0120. The Morgan fingerprint density at radius 2 is 2.47 bits per heavy atom. The fourth-order valence-corrected chi connectivity index (χ4v) is 2.88. The first-order valence-corrected chi connectivity index (χ1v) is 5.50. The van der Waals surface area contributed by atoms with Crippen molar-refractivity contribution in [2.24, 2.45) is 11.3 Å². The Morgan fingerprint density at radius 1 is 1.67 bits per heavy atom. The SMILES string of the molecule is C#CC[C@@]12C=CC(=O)C[C@@H]1CC(O)CC2. The molecule has 0 aromatic carbocycles. The average molecular weight is 204 g/mol. The van der Waals surface area contributed by atoms with E-state index in [9.17, 15) is 9.90 Å². The van der Waals surface area contributed by atoms with Gasteiger partial charge in [-0.25, -0.2) is 0 Å². The summed E-state index contributed by atoms with van der Waals surface area (Å²) in [5.74, 6) is 3.13. The van der Waals surface area contributed by atoms with Crippen LogP contribution in [0.5, 0.6) is 0 Å². The predicted octanol–water partition coefficient (Wildman–Crippen LogP) is 1.69. The Hall–Kier alpha value is -1.07. The summed E-state index contributed by atoms with van der Waals surface area (Å²) in [5, 5.41) is 9.63. The zero-order valence-electron chi connectivity index (χ0n) is 8.78. The molecule has 2 nitrogen and oxygen atoms in total. The van der Waals surface area contributed by atoms with Crippen LogP contribution in [0.3, 0.4) is 0 Å². The molecule has 1 N–H and O–H groups in total. The van der Waals surface area contributed by atoms with Crippen LogP contribution < -0.4 is 0 Å². The van der Waals surface area contributed by atoms with Gasteiger partial charge in [0.1, 0.15) is 0 Å². The maximum absolute atomic E-state index is 11.4. The highest BCUT2D eigenvalue weighted by Crippen LogP contribution is 2.48. The standard InChI is InChI=1S/C13H16O2/c1-2-5-13-6-3-11(14)8-10(13)9-12(15)4-7-13/h1,3,6,10,12,15H,4-5,7-9H2/t10-,12?,13+/m1/s1. The van der Waals surface area contributed by atoms with Crippen LogP contribution in [-0.4, -0.2) is 17.0 Å². The minimum absolute atomic E-state index is 0.0120. The van der Waals surface area contributed by atoms with E-state index in [1.807, 2.05) is 6.08 Å². The minimum Gasteiger partial charge on any atom is -0.393 e. The number of terminal acetylenes is 1. The number of aliphatic hydroxyl groups is 1. The third kappa shape index (κ3) is 1.85. The molecule has 0 radical (unpaired) electrons. The second-order valence-electron chi connectivity index (χ2n) is 4.74. The van der Waals surface area contributed by atoms with Gasteiger partial charge in [0.15, 0.2) is 5.78 Å². The zero-order chi connectivity index (χ0) is 10.9. The zero-order valence-corrected chi connectivity index (χ0v) is 8.78. The van der Waals surface area contributed by atoms with Gasteiger partial charge in [-0.1, -0.05) is 6.08 Å². The third-order valence-corrected chi connectivity index (χ3v) is 3.79. The van der Waals surface area contributed by atoms with Gasteiger partial charge in [0, 0.05) is 18.3 Å². The van der Waals surface area contributed by atoms with Crippen LogP contribution in [0.4, 0.5) is 0 Å². The first kappa shape index (κ1) is 10.4. The van der Waals surface area contributed by atoms with Crippen molar-refractivity contribution in [1.29, 1.82) is 0 Å². The Balaban J connectivity index is 2.27. The summed E-state index contributed by atoms with van der Waals surface area (Å²) < 4.78 is 0. The topological polar surface area (TPSA) is 37.3 Å². The van der Waals surface area contributed by atoms with Gasteiger partial charge >= 0.3 is 0 Å². The van der Waals surface area contributed by atoms with Crippen molar-refractivity contribution < 1.29 is 9.90 Å². The van der Waals surface area contributed by atoms with Gasteiger partial charge in [0.25, 0.3) is 0 Å². The van der Waals surface area contributed by atoms with E-state index in [1.54, 1.807) is 6.08 Å². The van der Waals surface area contributed by atoms with Crippen LogP contribution in [0.2, 0.25) is 0 Å². The molecule has 0 saturated heterocycles. The fraction of sp³-hybridized carbons (Fsp3) is 0.615. The van der Waals surface area contributed by atoms with E-state index in [0.29, 0.717) is 12.8 Å². The molecule has 0 aliphatic heterocycles. The molecule has 2 aliphatic carbocycles. The lowest BCUT2D eigenvalue weighted by atomic mass is 9.60. The monoisotopic (exact) mass is 204 g/mol. The molecule has 2 aliphatic rings. The highest BCUT2D eigenvalue weighted by Gasteiger charge is 2.43. The van der Waals surface area contributed by atoms with E-state index in [4.69, 9.17) is 6.42 Å². The first-order valence-electron chi connectivity index (χ1n) is 5.50. The molecule has 0 aromatic rings. The molecular formula is C13H16O2. The van der Waals surface area contributed by atoms with Crippen molar-refractivity contribution in [1.82, 2.24) is 0 Å². The van der Waals surface area contributed by atoms with Crippen molar-refractivity contribution in [3.8, 4) is 12.3 Å². The molecule has 80 valence electrons. The number of rotatable bonds is 1. The molecule has 3 atom stereocenters. The van der Waals surface area contributed by atoms with Gasteiger partial charge in [-0.05, 0) is 31.3 Å².